The van der Waals surface area contributed by atoms with Crippen molar-refractivity contribution in [3.05, 3.63) is 40.4 Å². The maximum Gasteiger partial charge on any atom is 0.268 e. The largest absolute Gasteiger partial charge is 0.268 e. The minimum Gasteiger partial charge on any atom is -0.268 e. The van der Waals surface area contributed by atoms with Crippen LogP contribution in [0.4, 0.5) is 0 Å². The molecule has 0 fully saturated rings. The molecule has 7 nitrogen and oxygen atoms in total. The third-order valence-corrected chi connectivity index (χ3v) is 2.49. The molecule has 0 unspecified atom stereocenters. The third kappa shape index (κ3) is 1.40. The fourth-order valence-electron chi connectivity index (χ4n) is 1.74. The van der Waals surface area contributed by atoms with Crippen molar-refractivity contribution in [1.82, 2.24) is 30.2 Å². The summed E-state index contributed by atoms with van der Waals surface area (Å²) >= 11 is 0. The second kappa shape index (κ2) is 3.48. The average Bonchev–Trinajstić information content (AvgIpc) is 2.83. The van der Waals surface area contributed by atoms with Gasteiger partial charge in [0, 0.05) is 0 Å². The molecule has 2 aromatic heterocycles. The Morgan fingerprint density at radius 2 is 2.12 bits per heavy atom. The van der Waals surface area contributed by atoms with Gasteiger partial charge in [-0.05, 0) is 29.5 Å². The van der Waals surface area contributed by atoms with Crippen LogP contribution >= 0.6 is 0 Å². The summed E-state index contributed by atoms with van der Waals surface area (Å²) in [6.45, 7) is 1.73. The number of hydrogen-bond donors (Lipinski definition) is 1. The highest BCUT2D eigenvalue weighted by Gasteiger charge is 2.11. The van der Waals surface area contributed by atoms with Crippen LogP contribution in [0.15, 0.2) is 29.1 Å². The standard InChI is InChI=1S/C10H8N6O/c1-6-11-8-5-3-2-4-7(8)9(17)16(6)10-12-14-15-13-10/h2-5H,1H3,(H,12,13,14,15). The number of hydrogen-bond acceptors (Lipinski definition) is 5. The molecule has 0 aliphatic carbocycles. The molecule has 0 saturated heterocycles. The first-order valence-electron chi connectivity index (χ1n) is 5.00. The normalized spacial score (nSPS) is 10.9. The monoisotopic (exact) mass is 228 g/mol. The van der Waals surface area contributed by atoms with Crippen LogP contribution in [0.25, 0.3) is 16.9 Å². The summed E-state index contributed by atoms with van der Waals surface area (Å²) in [6.07, 6.45) is 0. The van der Waals surface area contributed by atoms with Gasteiger partial charge in [0.05, 0.1) is 10.9 Å². The Labute approximate surface area is 95.1 Å². The van der Waals surface area contributed by atoms with Crippen molar-refractivity contribution in [2.45, 2.75) is 6.92 Å². The highest BCUT2D eigenvalue weighted by molar-refractivity contribution is 5.77. The number of fused-ring (bicyclic) bond motifs is 1. The molecule has 17 heavy (non-hydrogen) atoms. The minimum atomic E-state index is -0.188. The smallest absolute Gasteiger partial charge is 0.268 e. The van der Waals surface area contributed by atoms with Gasteiger partial charge in [0.25, 0.3) is 11.5 Å². The van der Waals surface area contributed by atoms with Crippen molar-refractivity contribution < 1.29 is 0 Å². The Balaban J connectivity index is 2.44. The number of rotatable bonds is 1. The molecule has 0 aliphatic rings. The molecular weight excluding hydrogens is 220 g/mol. The number of nitrogens with one attached hydrogen (secondary N) is 1. The predicted molar refractivity (Wildman–Crippen MR) is 59.8 cm³/mol. The van der Waals surface area contributed by atoms with Crippen LogP contribution in [-0.2, 0) is 0 Å². The zero-order chi connectivity index (χ0) is 11.8. The lowest BCUT2D eigenvalue weighted by atomic mass is 10.2. The van der Waals surface area contributed by atoms with Crippen molar-refractivity contribution in [2.24, 2.45) is 0 Å². The molecule has 0 saturated carbocycles. The van der Waals surface area contributed by atoms with Gasteiger partial charge >= 0.3 is 0 Å². The highest BCUT2D eigenvalue weighted by Crippen LogP contribution is 2.08. The molecule has 84 valence electrons. The molecule has 7 heteroatoms. The average molecular weight is 228 g/mol. The van der Waals surface area contributed by atoms with Crippen LogP contribution in [0.5, 0.6) is 0 Å². The van der Waals surface area contributed by atoms with E-state index >= 15 is 0 Å². The molecule has 0 aliphatic heterocycles. The van der Waals surface area contributed by atoms with E-state index in [0.717, 1.165) is 0 Å². The van der Waals surface area contributed by atoms with Crippen molar-refractivity contribution in [1.29, 1.82) is 0 Å². The molecule has 3 rings (SSSR count). The summed E-state index contributed by atoms with van der Waals surface area (Å²) < 4.78 is 1.35. The molecule has 0 amide bonds. The molecular formula is C10H8N6O. The van der Waals surface area contributed by atoms with E-state index < -0.39 is 0 Å². The van der Waals surface area contributed by atoms with Crippen LogP contribution in [0.3, 0.4) is 0 Å². The lowest BCUT2D eigenvalue weighted by molar-refractivity contribution is 0.831. The lowest BCUT2D eigenvalue weighted by Gasteiger charge is -2.06. The van der Waals surface area contributed by atoms with Gasteiger partial charge in [-0.3, -0.25) is 4.79 Å². The van der Waals surface area contributed by atoms with E-state index in [1.807, 2.05) is 6.07 Å². The van der Waals surface area contributed by atoms with Gasteiger partial charge in [0.2, 0.25) is 0 Å². The van der Waals surface area contributed by atoms with Crippen LogP contribution < -0.4 is 5.56 Å². The summed E-state index contributed by atoms with van der Waals surface area (Å²) in [6, 6.07) is 7.16. The van der Waals surface area contributed by atoms with Gasteiger partial charge in [-0.1, -0.05) is 17.2 Å². The maximum atomic E-state index is 12.3. The number of aromatic nitrogens is 6. The van der Waals surface area contributed by atoms with Gasteiger partial charge in [-0.25, -0.2) is 14.6 Å². The Morgan fingerprint density at radius 1 is 1.29 bits per heavy atom. The molecule has 0 spiro atoms. The fraction of sp³-hybridized carbons (Fsp3) is 0.100. The predicted octanol–water partition coefficient (Wildman–Crippen LogP) is 0.207. The van der Waals surface area contributed by atoms with Gasteiger partial charge in [0.1, 0.15) is 5.82 Å². The van der Waals surface area contributed by atoms with E-state index in [4.69, 9.17) is 0 Å². The van der Waals surface area contributed by atoms with Crippen LogP contribution in [0.1, 0.15) is 5.82 Å². The number of nitrogens with zero attached hydrogens (tertiary/aromatic N) is 5. The van der Waals surface area contributed by atoms with Crippen LogP contribution in [-0.4, -0.2) is 30.2 Å². The van der Waals surface area contributed by atoms with Crippen molar-refractivity contribution in [3.8, 4) is 5.95 Å². The number of tetrazole rings is 1. The number of H-pyrrole nitrogens is 1. The van der Waals surface area contributed by atoms with Gasteiger partial charge in [-0.15, -0.1) is 0 Å². The number of aryl methyl sites for hydroxylation is 1. The Morgan fingerprint density at radius 3 is 2.88 bits per heavy atom. The number of benzene rings is 1. The Hall–Kier alpha value is -2.57. The van der Waals surface area contributed by atoms with E-state index in [1.54, 1.807) is 25.1 Å². The van der Waals surface area contributed by atoms with Gasteiger partial charge in [-0.2, -0.15) is 0 Å². The number of para-hydroxylation sites is 1. The van der Waals surface area contributed by atoms with Crippen LogP contribution in [0.2, 0.25) is 0 Å². The van der Waals surface area contributed by atoms with E-state index in [1.165, 1.54) is 4.57 Å². The second-order valence-electron chi connectivity index (χ2n) is 3.54. The Kier molecular flexibility index (Phi) is 1.97. The first-order valence-corrected chi connectivity index (χ1v) is 5.00. The molecule has 3 aromatic rings. The van der Waals surface area contributed by atoms with Crippen molar-refractivity contribution in [3.63, 3.8) is 0 Å². The Bertz CT molecular complexity index is 730. The van der Waals surface area contributed by atoms with E-state index in [2.05, 4.69) is 25.6 Å². The van der Waals surface area contributed by atoms with E-state index in [-0.39, 0.29) is 11.5 Å². The number of aromatic amines is 1. The zero-order valence-electron chi connectivity index (χ0n) is 8.95. The first kappa shape index (κ1) is 9.64. The highest BCUT2D eigenvalue weighted by atomic mass is 16.1. The molecule has 2 heterocycles. The minimum absolute atomic E-state index is 0.188. The molecule has 0 atom stereocenters. The summed E-state index contributed by atoms with van der Waals surface area (Å²) in [5, 5.41) is 13.7. The summed E-state index contributed by atoms with van der Waals surface area (Å²) in [7, 11) is 0. The quantitative estimate of drug-likeness (QED) is 0.643. The van der Waals surface area contributed by atoms with Gasteiger partial charge < -0.3 is 0 Å². The van der Waals surface area contributed by atoms with E-state index in [0.29, 0.717) is 16.7 Å². The van der Waals surface area contributed by atoms with Crippen molar-refractivity contribution in [2.75, 3.05) is 0 Å². The second-order valence-corrected chi connectivity index (χ2v) is 3.54. The molecule has 1 N–H and O–H groups in total. The van der Waals surface area contributed by atoms with Crippen LogP contribution in [0, 0.1) is 6.92 Å². The molecule has 1 aromatic carbocycles. The summed E-state index contributed by atoms with van der Waals surface area (Å²) in [5.74, 6) is 0.804. The fourth-order valence-corrected chi connectivity index (χ4v) is 1.74. The van der Waals surface area contributed by atoms with Crippen molar-refractivity contribution >= 4 is 10.9 Å². The SMILES string of the molecule is Cc1nc2ccccc2c(=O)n1-c1nnn[nH]1. The summed E-state index contributed by atoms with van der Waals surface area (Å²) in [4.78, 5) is 16.6. The summed E-state index contributed by atoms with van der Waals surface area (Å²) in [5.41, 5.74) is 0.477. The lowest BCUT2D eigenvalue weighted by Crippen LogP contribution is -2.23. The first-order chi connectivity index (χ1) is 8.27. The van der Waals surface area contributed by atoms with E-state index in [9.17, 15) is 4.79 Å². The zero-order valence-corrected chi connectivity index (χ0v) is 8.95. The third-order valence-electron chi connectivity index (χ3n) is 2.49. The van der Waals surface area contributed by atoms with Gasteiger partial charge in [0.15, 0.2) is 0 Å². The molecule has 0 bridgehead atoms. The topological polar surface area (TPSA) is 89.3 Å². The maximum absolute atomic E-state index is 12.3. The molecule has 0 radical (unpaired) electrons.